The van der Waals surface area contributed by atoms with Crippen LogP contribution in [0.25, 0.3) is 0 Å². The highest BCUT2D eigenvalue weighted by Gasteiger charge is 2.10. The molecular weight excluding hydrogens is 240 g/mol. The highest BCUT2D eigenvalue weighted by molar-refractivity contribution is 5.92. The summed E-state index contributed by atoms with van der Waals surface area (Å²) >= 11 is 0. The molecule has 0 saturated heterocycles. The minimum Gasteiger partial charge on any atom is -0.448 e. The molecule has 2 aromatic rings. The fourth-order valence-electron chi connectivity index (χ4n) is 1.80. The Morgan fingerprint density at radius 1 is 1.32 bits per heavy atom. The molecule has 100 valence electrons. The smallest absolute Gasteiger partial charge is 0.232 e. The van der Waals surface area contributed by atoms with Gasteiger partial charge in [-0.15, -0.1) is 0 Å². The van der Waals surface area contributed by atoms with E-state index < -0.39 is 0 Å². The number of amides is 1. The summed E-state index contributed by atoms with van der Waals surface area (Å²) < 4.78 is 5.15. The van der Waals surface area contributed by atoms with Gasteiger partial charge in [-0.1, -0.05) is 26.0 Å². The van der Waals surface area contributed by atoms with Crippen molar-refractivity contribution in [1.82, 2.24) is 4.98 Å². The monoisotopic (exact) mass is 258 g/mol. The Bertz CT molecular complexity index is 556. The first-order chi connectivity index (χ1) is 9.06. The lowest BCUT2D eigenvalue weighted by Gasteiger charge is -2.08. The molecule has 0 aliphatic carbocycles. The van der Waals surface area contributed by atoms with Gasteiger partial charge in [0.15, 0.2) is 6.39 Å². The largest absolute Gasteiger partial charge is 0.448 e. The van der Waals surface area contributed by atoms with Crippen LogP contribution in [0.1, 0.15) is 36.8 Å². The zero-order valence-corrected chi connectivity index (χ0v) is 11.4. The average molecular weight is 258 g/mol. The normalized spacial score (nSPS) is 10.7. The van der Waals surface area contributed by atoms with Crippen LogP contribution in [0.4, 0.5) is 5.69 Å². The van der Waals surface area contributed by atoms with Crippen LogP contribution in [-0.4, -0.2) is 10.9 Å². The molecule has 0 aliphatic heterocycles. The lowest BCUT2D eigenvalue weighted by Crippen LogP contribution is -2.14. The van der Waals surface area contributed by atoms with Crippen LogP contribution in [0.5, 0.6) is 0 Å². The summed E-state index contributed by atoms with van der Waals surface area (Å²) in [4.78, 5) is 15.8. The van der Waals surface area contributed by atoms with E-state index in [1.165, 1.54) is 12.0 Å². The molecule has 0 spiro atoms. The molecular formula is C15H18N2O2. The van der Waals surface area contributed by atoms with Gasteiger partial charge in [0.2, 0.25) is 5.91 Å². The van der Waals surface area contributed by atoms with Crippen LogP contribution < -0.4 is 5.32 Å². The van der Waals surface area contributed by atoms with Crippen LogP contribution in [0.15, 0.2) is 35.1 Å². The SMILES string of the molecule is Cc1ncoc1CC(=O)Nc1ccc(C(C)C)cc1. The van der Waals surface area contributed by atoms with E-state index in [1.807, 2.05) is 31.2 Å². The Morgan fingerprint density at radius 2 is 2.00 bits per heavy atom. The van der Waals surface area contributed by atoms with E-state index in [1.54, 1.807) is 0 Å². The summed E-state index contributed by atoms with van der Waals surface area (Å²) in [7, 11) is 0. The van der Waals surface area contributed by atoms with E-state index >= 15 is 0 Å². The maximum atomic E-state index is 11.9. The predicted octanol–water partition coefficient (Wildman–Crippen LogP) is 3.29. The van der Waals surface area contributed by atoms with E-state index in [9.17, 15) is 4.79 Å². The van der Waals surface area contributed by atoms with Gasteiger partial charge >= 0.3 is 0 Å². The highest BCUT2D eigenvalue weighted by Crippen LogP contribution is 2.17. The van der Waals surface area contributed by atoms with E-state index in [0.29, 0.717) is 11.7 Å². The predicted molar refractivity (Wildman–Crippen MR) is 74.1 cm³/mol. The van der Waals surface area contributed by atoms with Crippen LogP contribution in [0, 0.1) is 6.92 Å². The van der Waals surface area contributed by atoms with Crippen molar-refractivity contribution in [3.05, 3.63) is 47.7 Å². The summed E-state index contributed by atoms with van der Waals surface area (Å²) in [5.74, 6) is 0.995. The number of oxazole rings is 1. The molecule has 0 atom stereocenters. The van der Waals surface area contributed by atoms with Gasteiger partial charge in [-0.2, -0.15) is 0 Å². The van der Waals surface area contributed by atoms with Crippen molar-refractivity contribution in [2.45, 2.75) is 33.1 Å². The first kappa shape index (κ1) is 13.3. The molecule has 2 rings (SSSR count). The van der Waals surface area contributed by atoms with Crippen LogP contribution in [-0.2, 0) is 11.2 Å². The number of aromatic nitrogens is 1. The van der Waals surface area contributed by atoms with Crippen molar-refractivity contribution in [3.63, 3.8) is 0 Å². The molecule has 0 saturated carbocycles. The van der Waals surface area contributed by atoms with E-state index in [4.69, 9.17) is 4.42 Å². The van der Waals surface area contributed by atoms with Crippen molar-refractivity contribution in [2.24, 2.45) is 0 Å². The van der Waals surface area contributed by atoms with Crippen molar-refractivity contribution in [3.8, 4) is 0 Å². The second kappa shape index (κ2) is 5.69. The fraction of sp³-hybridized carbons (Fsp3) is 0.333. The van der Waals surface area contributed by atoms with E-state index in [-0.39, 0.29) is 12.3 Å². The molecule has 0 fully saturated rings. The molecule has 1 N–H and O–H groups in total. The second-order valence-corrected chi connectivity index (χ2v) is 4.86. The molecule has 19 heavy (non-hydrogen) atoms. The Morgan fingerprint density at radius 3 is 2.53 bits per heavy atom. The van der Waals surface area contributed by atoms with Gasteiger partial charge in [0.1, 0.15) is 5.76 Å². The molecule has 1 heterocycles. The molecule has 0 unspecified atom stereocenters. The average Bonchev–Trinajstić information content (AvgIpc) is 2.75. The maximum Gasteiger partial charge on any atom is 0.232 e. The van der Waals surface area contributed by atoms with Crippen LogP contribution >= 0.6 is 0 Å². The fourth-order valence-corrected chi connectivity index (χ4v) is 1.80. The van der Waals surface area contributed by atoms with Crippen LogP contribution in [0.2, 0.25) is 0 Å². The lowest BCUT2D eigenvalue weighted by molar-refractivity contribution is -0.115. The van der Waals surface area contributed by atoms with Gasteiger partial charge in [0.05, 0.1) is 12.1 Å². The number of anilines is 1. The second-order valence-electron chi connectivity index (χ2n) is 4.86. The third kappa shape index (κ3) is 3.44. The minimum atomic E-state index is -0.0999. The van der Waals surface area contributed by atoms with Gasteiger partial charge in [-0.25, -0.2) is 4.98 Å². The van der Waals surface area contributed by atoms with Crippen molar-refractivity contribution in [2.75, 3.05) is 5.32 Å². The topological polar surface area (TPSA) is 55.1 Å². The molecule has 4 nitrogen and oxygen atoms in total. The van der Waals surface area contributed by atoms with E-state index in [0.717, 1.165) is 11.4 Å². The lowest BCUT2D eigenvalue weighted by atomic mass is 10.0. The quantitative estimate of drug-likeness (QED) is 0.915. The molecule has 0 radical (unpaired) electrons. The molecule has 4 heteroatoms. The zero-order valence-electron chi connectivity index (χ0n) is 11.4. The highest BCUT2D eigenvalue weighted by atomic mass is 16.3. The molecule has 1 aromatic heterocycles. The van der Waals surface area contributed by atoms with Crippen molar-refractivity contribution >= 4 is 11.6 Å². The molecule has 0 aliphatic rings. The number of benzene rings is 1. The number of nitrogens with one attached hydrogen (secondary N) is 1. The molecule has 1 amide bonds. The number of nitrogens with zero attached hydrogens (tertiary/aromatic N) is 1. The minimum absolute atomic E-state index is 0.0999. The van der Waals surface area contributed by atoms with Gasteiger partial charge in [-0.05, 0) is 30.5 Å². The summed E-state index contributed by atoms with van der Waals surface area (Å²) in [6.07, 6.45) is 1.56. The molecule has 0 bridgehead atoms. The van der Waals surface area contributed by atoms with E-state index in [2.05, 4.69) is 24.1 Å². The van der Waals surface area contributed by atoms with Gasteiger partial charge in [0.25, 0.3) is 0 Å². The third-order valence-electron chi connectivity index (χ3n) is 3.03. The number of rotatable bonds is 4. The number of hydrogen-bond donors (Lipinski definition) is 1. The summed E-state index contributed by atoms with van der Waals surface area (Å²) in [6, 6.07) is 7.89. The maximum absolute atomic E-state index is 11.9. The Labute approximate surface area is 112 Å². The Hall–Kier alpha value is -2.10. The standard InChI is InChI=1S/C15H18N2O2/c1-10(2)12-4-6-13(7-5-12)17-15(18)8-14-11(3)16-9-19-14/h4-7,9-10H,8H2,1-3H3,(H,17,18). The van der Waals surface area contributed by atoms with Gasteiger partial charge in [-0.3, -0.25) is 4.79 Å². The van der Waals surface area contributed by atoms with Crippen molar-refractivity contribution in [1.29, 1.82) is 0 Å². The third-order valence-corrected chi connectivity index (χ3v) is 3.03. The summed E-state index contributed by atoms with van der Waals surface area (Å²) in [5, 5.41) is 2.85. The van der Waals surface area contributed by atoms with Crippen LogP contribution in [0.3, 0.4) is 0 Å². The zero-order chi connectivity index (χ0) is 13.8. The number of aryl methyl sites for hydroxylation is 1. The molecule has 1 aromatic carbocycles. The summed E-state index contributed by atoms with van der Waals surface area (Å²) in [6.45, 7) is 6.10. The number of carbonyl (C=O) groups excluding carboxylic acids is 1. The van der Waals surface area contributed by atoms with Gasteiger partial charge < -0.3 is 9.73 Å². The Kier molecular flexibility index (Phi) is 4.00. The summed E-state index contributed by atoms with van der Waals surface area (Å²) in [5.41, 5.74) is 2.81. The van der Waals surface area contributed by atoms with Gasteiger partial charge in [0, 0.05) is 5.69 Å². The first-order valence-electron chi connectivity index (χ1n) is 6.35. The first-order valence-corrected chi connectivity index (χ1v) is 6.35. The number of hydrogen-bond acceptors (Lipinski definition) is 3. The van der Waals surface area contributed by atoms with Crippen molar-refractivity contribution < 1.29 is 9.21 Å². The Balaban J connectivity index is 1.97. The number of carbonyl (C=O) groups is 1.